The molecule has 0 aromatic rings. The largest absolute Gasteiger partial charge is 0.472 e. The molecule has 0 rings (SSSR count). The van der Waals surface area contributed by atoms with Gasteiger partial charge in [0.15, 0.2) is 0 Å². The maximum absolute atomic E-state index is 11.7. The first-order chi connectivity index (χ1) is 15.4. The van der Waals surface area contributed by atoms with Crippen LogP contribution in [0.25, 0.3) is 0 Å². The Hall–Kier alpha value is -0.760. The molecule has 32 heavy (non-hydrogen) atoms. The van der Waals surface area contributed by atoms with E-state index in [1.54, 1.807) is 0 Å². The Balaban J connectivity index is 3.49. The molecule has 9 heteroatoms. The molecule has 2 unspecified atom stereocenters. The molecule has 0 radical (unpaired) electrons. The number of rotatable bonds is 23. The fourth-order valence-electron chi connectivity index (χ4n) is 3.04. The summed E-state index contributed by atoms with van der Waals surface area (Å²) in [5, 5.41) is 9.67. The molecule has 0 aliphatic carbocycles. The molecule has 190 valence electrons. The third-order valence-corrected chi connectivity index (χ3v) is 5.87. The number of hydrogen-bond acceptors (Lipinski definition) is 7. The minimum atomic E-state index is -4.24. The van der Waals surface area contributed by atoms with Gasteiger partial charge in [0.25, 0.3) is 0 Å². The van der Waals surface area contributed by atoms with E-state index >= 15 is 0 Å². The summed E-state index contributed by atoms with van der Waals surface area (Å²) in [5.41, 5.74) is 5.17. The molecule has 0 saturated heterocycles. The number of unbranched alkanes of at least 4 members (excludes halogenated alkanes) is 11. The maximum atomic E-state index is 11.7. The summed E-state index contributed by atoms with van der Waals surface area (Å²) in [5.74, 6) is -0.395. The Bertz CT molecular complexity index is 517. The molecule has 0 aliphatic rings. The van der Waals surface area contributed by atoms with Crippen LogP contribution in [0.15, 0.2) is 12.2 Å². The van der Waals surface area contributed by atoms with Crippen LogP contribution in [0, 0.1) is 0 Å². The lowest BCUT2D eigenvalue weighted by atomic mass is 10.1. The van der Waals surface area contributed by atoms with E-state index in [9.17, 15) is 19.4 Å². The average Bonchev–Trinajstić information content (AvgIpc) is 2.77. The molecule has 4 N–H and O–H groups in total. The molecule has 2 atom stereocenters. The summed E-state index contributed by atoms with van der Waals surface area (Å²) in [7, 11) is -4.24. The average molecular weight is 480 g/mol. The van der Waals surface area contributed by atoms with Crippen molar-refractivity contribution in [2.75, 3.05) is 26.4 Å². The van der Waals surface area contributed by atoms with E-state index < -0.39 is 26.5 Å². The molecule has 0 amide bonds. The van der Waals surface area contributed by atoms with Crippen molar-refractivity contribution in [2.24, 2.45) is 5.73 Å². The molecule has 0 aromatic heterocycles. The van der Waals surface area contributed by atoms with Crippen molar-refractivity contribution in [3.05, 3.63) is 12.2 Å². The molecule has 0 heterocycles. The van der Waals surface area contributed by atoms with Gasteiger partial charge in [-0.25, -0.2) is 4.57 Å². The Morgan fingerprint density at radius 1 is 0.906 bits per heavy atom. The summed E-state index contributed by atoms with van der Waals surface area (Å²) in [6.45, 7) is 1.42. The number of hydrogen-bond donors (Lipinski definition) is 3. The number of aliphatic hydroxyl groups is 1. The molecule has 0 aromatic carbocycles. The lowest BCUT2D eigenvalue weighted by Crippen LogP contribution is -2.23. The molecule has 0 bridgehead atoms. The van der Waals surface area contributed by atoms with Gasteiger partial charge >= 0.3 is 13.8 Å². The zero-order valence-electron chi connectivity index (χ0n) is 19.9. The van der Waals surface area contributed by atoms with E-state index in [2.05, 4.69) is 28.1 Å². The van der Waals surface area contributed by atoms with Gasteiger partial charge < -0.3 is 20.5 Å². The molecule has 0 saturated carbocycles. The number of allylic oxidation sites excluding steroid dienone is 2. The number of ether oxygens (including phenoxy) is 1. The third-order valence-electron chi connectivity index (χ3n) is 4.88. The molecule has 0 spiro atoms. The lowest BCUT2D eigenvalue weighted by molar-refractivity contribution is -0.147. The number of carbonyl (C=O) groups is 1. The second-order valence-corrected chi connectivity index (χ2v) is 9.51. The van der Waals surface area contributed by atoms with Gasteiger partial charge in [-0.15, -0.1) is 0 Å². The SMILES string of the molecule is CCCCCCCCC=CCCCCCCCC(=O)OCC(O)COP(=O)(O)OCCN. The molecule has 0 fully saturated rings. The van der Waals surface area contributed by atoms with Gasteiger partial charge in [-0.2, -0.15) is 0 Å². The van der Waals surface area contributed by atoms with Crippen molar-refractivity contribution < 1.29 is 33.1 Å². The van der Waals surface area contributed by atoms with E-state index in [-0.39, 0.29) is 19.8 Å². The first-order valence-electron chi connectivity index (χ1n) is 12.2. The van der Waals surface area contributed by atoms with Crippen molar-refractivity contribution in [1.82, 2.24) is 0 Å². The van der Waals surface area contributed by atoms with Crippen molar-refractivity contribution in [1.29, 1.82) is 0 Å². The van der Waals surface area contributed by atoms with Crippen LogP contribution in [0.3, 0.4) is 0 Å². The van der Waals surface area contributed by atoms with Crippen LogP contribution >= 0.6 is 7.82 Å². The standard InChI is InChI=1S/C23H46NO7P/c1-2-3-4-5-6-7-8-9-10-11-12-13-14-15-16-17-23(26)29-20-22(25)21-31-32(27,28)30-19-18-24/h9-10,22,25H,2-8,11-21,24H2,1H3,(H,27,28). The lowest BCUT2D eigenvalue weighted by Gasteiger charge is -2.15. The summed E-state index contributed by atoms with van der Waals surface area (Å²) in [6, 6.07) is 0. The van der Waals surface area contributed by atoms with E-state index in [1.807, 2.05) is 0 Å². The van der Waals surface area contributed by atoms with Crippen molar-refractivity contribution in [3.8, 4) is 0 Å². The Morgan fingerprint density at radius 2 is 1.47 bits per heavy atom. The van der Waals surface area contributed by atoms with Crippen LogP contribution in [-0.2, 0) is 23.1 Å². The highest BCUT2D eigenvalue weighted by Crippen LogP contribution is 2.42. The summed E-state index contributed by atoms with van der Waals surface area (Å²) >= 11 is 0. The van der Waals surface area contributed by atoms with Crippen molar-refractivity contribution in [2.45, 2.75) is 103 Å². The van der Waals surface area contributed by atoms with E-state index in [4.69, 9.17) is 10.5 Å². The van der Waals surface area contributed by atoms with Gasteiger partial charge in [0.2, 0.25) is 0 Å². The van der Waals surface area contributed by atoms with Crippen molar-refractivity contribution in [3.63, 3.8) is 0 Å². The van der Waals surface area contributed by atoms with Gasteiger partial charge in [-0.05, 0) is 32.1 Å². The molecule has 0 aliphatic heterocycles. The summed E-state index contributed by atoms with van der Waals surface area (Å²) < 4.78 is 25.5. The topological polar surface area (TPSA) is 128 Å². The quantitative estimate of drug-likeness (QED) is 0.0806. The number of carbonyl (C=O) groups excluding carboxylic acids is 1. The van der Waals surface area contributed by atoms with E-state index in [0.717, 1.165) is 32.1 Å². The first-order valence-corrected chi connectivity index (χ1v) is 13.7. The maximum Gasteiger partial charge on any atom is 0.472 e. The number of phosphoric acid groups is 1. The fraction of sp³-hybridized carbons (Fsp3) is 0.870. The normalized spacial score (nSPS) is 14.5. The first kappa shape index (κ1) is 31.2. The minimum Gasteiger partial charge on any atom is -0.463 e. The number of esters is 1. The van der Waals surface area contributed by atoms with Gasteiger partial charge in [0, 0.05) is 13.0 Å². The van der Waals surface area contributed by atoms with Crippen LogP contribution in [0.2, 0.25) is 0 Å². The molecular formula is C23H46NO7P. The summed E-state index contributed by atoms with van der Waals surface area (Å²) in [6.07, 6.45) is 19.2. The van der Waals surface area contributed by atoms with E-state index in [0.29, 0.717) is 6.42 Å². The predicted octanol–water partition coefficient (Wildman–Crippen LogP) is 5.02. The van der Waals surface area contributed by atoms with Crippen LogP contribution in [0.4, 0.5) is 0 Å². The second kappa shape index (κ2) is 22.1. The molecular weight excluding hydrogens is 433 g/mol. The van der Waals surface area contributed by atoms with Gasteiger partial charge in [-0.3, -0.25) is 13.8 Å². The third kappa shape index (κ3) is 22.4. The van der Waals surface area contributed by atoms with E-state index in [1.165, 1.54) is 51.4 Å². The smallest absolute Gasteiger partial charge is 0.463 e. The van der Waals surface area contributed by atoms with Crippen LogP contribution in [-0.4, -0.2) is 48.4 Å². The molecule has 8 nitrogen and oxygen atoms in total. The number of phosphoric ester groups is 1. The highest BCUT2D eigenvalue weighted by molar-refractivity contribution is 7.47. The monoisotopic (exact) mass is 479 g/mol. The van der Waals surface area contributed by atoms with Crippen LogP contribution in [0.1, 0.15) is 96.8 Å². The Kier molecular flexibility index (Phi) is 21.5. The highest BCUT2D eigenvalue weighted by atomic mass is 31.2. The number of aliphatic hydroxyl groups excluding tert-OH is 1. The van der Waals surface area contributed by atoms with Gasteiger partial charge in [0.05, 0.1) is 13.2 Å². The van der Waals surface area contributed by atoms with Crippen LogP contribution < -0.4 is 5.73 Å². The van der Waals surface area contributed by atoms with Gasteiger partial charge in [-0.1, -0.05) is 70.4 Å². The zero-order valence-corrected chi connectivity index (χ0v) is 20.8. The zero-order chi connectivity index (χ0) is 23.9. The van der Waals surface area contributed by atoms with Crippen molar-refractivity contribution >= 4 is 13.8 Å². The minimum absolute atomic E-state index is 0.0738. The highest BCUT2D eigenvalue weighted by Gasteiger charge is 2.22. The summed E-state index contributed by atoms with van der Waals surface area (Å²) in [4.78, 5) is 21.0. The van der Waals surface area contributed by atoms with Crippen LogP contribution in [0.5, 0.6) is 0 Å². The Labute approximate surface area is 194 Å². The fourth-order valence-corrected chi connectivity index (χ4v) is 3.81. The van der Waals surface area contributed by atoms with Gasteiger partial charge in [0.1, 0.15) is 12.7 Å². The number of nitrogens with two attached hydrogens (primary N) is 1. The Morgan fingerprint density at radius 3 is 2.06 bits per heavy atom. The second-order valence-electron chi connectivity index (χ2n) is 8.06. The predicted molar refractivity (Wildman–Crippen MR) is 127 cm³/mol.